The van der Waals surface area contributed by atoms with Gasteiger partial charge in [0.25, 0.3) is 0 Å². The minimum atomic E-state index is -0.313. The van der Waals surface area contributed by atoms with E-state index < -0.39 is 0 Å². The van der Waals surface area contributed by atoms with E-state index in [9.17, 15) is 9.59 Å². The summed E-state index contributed by atoms with van der Waals surface area (Å²) in [7, 11) is 1.60. The second-order valence-corrected chi connectivity index (χ2v) is 6.10. The van der Waals surface area contributed by atoms with Crippen LogP contribution in [-0.4, -0.2) is 22.2 Å². The van der Waals surface area contributed by atoms with Crippen molar-refractivity contribution < 1.29 is 9.53 Å². The topological polar surface area (TPSA) is 53.2 Å². The molecule has 5 nitrogen and oxygen atoms in total. The third-order valence-corrected chi connectivity index (χ3v) is 4.64. The molecule has 1 heterocycles. The molecule has 2 aromatic rings. The summed E-state index contributed by atoms with van der Waals surface area (Å²) in [6, 6.07) is 7.18. The van der Waals surface area contributed by atoms with Gasteiger partial charge in [0.2, 0.25) is 5.91 Å². The van der Waals surface area contributed by atoms with Gasteiger partial charge in [-0.25, -0.2) is 9.36 Å². The molecule has 1 aliphatic carbocycles. The molecule has 1 aromatic carbocycles. The summed E-state index contributed by atoms with van der Waals surface area (Å²) in [5.74, 6) is 1.27. The molecule has 0 saturated heterocycles. The number of imidazole rings is 1. The summed E-state index contributed by atoms with van der Waals surface area (Å²) >= 11 is 0. The molecule has 1 aromatic heterocycles. The van der Waals surface area contributed by atoms with Crippen molar-refractivity contribution in [3.63, 3.8) is 0 Å². The SMILES string of the molecule is COc1ccc(-n2ccn(C(=O)CCC3CCCC3)c2=O)cc1. The number of aromatic nitrogens is 2. The second kappa shape index (κ2) is 6.86. The lowest BCUT2D eigenvalue weighted by Crippen LogP contribution is -2.28. The van der Waals surface area contributed by atoms with Crippen LogP contribution in [-0.2, 0) is 0 Å². The molecule has 1 aliphatic rings. The molecule has 3 rings (SSSR count). The van der Waals surface area contributed by atoms with Gasteiger partial charge < -0.3 is 4.74 Å². The molecule has 0 radical (unpaired) electrons. The molecule has 23 heavy (non-hydrogen) atoms. The van der Waals surface area contributed by atoms with Gasteiger partial charge in [-0.1, -0.05) is 25.7 Å². The van der Waals surface area contributed by atoms with Gasteiger partial charge in [0.15, 0.2) is 0 Å². The van der Waals surface area contributed by atoms with Crippen LogP contribution in [0.1, 0.15) is 43.3 Å². The lowest BCUT2D eigenvalue weighted by molar-refractivity contribution is 0.0889. The Morgan fingerprint density at radius 3 is 2.52 bits per heavy atom. The van der Waals surface area contributed by atoms with Crippen molar-refractivity contribution in [3.8, 4) is 11.4 Å². The van der Waals surface area contributed by atoms with E-state index in [1.54, 1.807) is 43.8 Å². The van der Waals surface area contributed by atoms with Crippen molar-refractivity contribution in [2.24, 2.45) is 5.92 Å². The number of nitrogens with zero attached hydrogens (tertiary/aromatic N) is 2. The first-order valence-electron chi connectivity index (χ1n) is 8.16. The maximum absolute atomic E-state index is 12.4. The third-order valence-electron chi connectivity index (χ3n) is 4.64. The Balaban J connectivity index is 1.72. The fraction of sp³-hybridized carbons (Fsp3) is 0.444. The lowest BCUT2D eigenvalue weighted by atomic mass is 10.0. The lowest BCUT2D eigenvalue weighted by Gasteiger charge is -2.07. The average molecular weight is 314 g/mol. The Kier molecular flexibility index (Phi) is 4.65. The number of hydrogen-bond acceptors (Lipinski definition) is 3. The number of carbonyl (C=O) groups is 1. The van der Waals surface area contributed by atoms with E-state index in [0.717, 1.165) is 17.9 Å². The van der Waals surface area contributed by atoms with Gasteiger partial charge in [-0.3, -0.25) is 9.36 Å². The number of methoxy groups -OCH3 is 1. The zero-order chi connectivity index (χ0) is 16.2. The maximum atomic E-state index is 12.4. The number of benzene rings is 1. The van der Waals surface area contributed by atoms with Crippen molar-refractivity contribution >= 4 is 5.91 Å². The van der Waals surface area contributed by atoms with E-state index >= 15 is 0 Å². The van der Waals surface area contributed by atoms with E-state index in [4.69, 9.17) is 4.74 Å². The Morgan fingerprint density at radius 1 is 1.17 bits per heavy atom. The first-order valence-corrected chi connectivity index (χ1v) is 8.16. The molecule has 1 saturated carbocycles. The Bertz CT molecular complexity index is 721. The fourth-order valence-electron chi connectivity index (χ4n) is 3.25. The molecule has 1 fully saturated rings. The van der Waals surface area contributed by atoms with Gasteiger partial charge in [-0.15, -0.1) is 0 Å². The fourth-order valence-corrected chi connectivity index (χ4v) is 3.25. The molecular formula is C18H22N2O3. The van der Waals surface area contributed by atoms with Crippen molar-refractivity contribution in [2.75, 3.05) is 7.11 Å². The van der Waals surface area contributed by atoms with E-state index in [0.29, 0.717) is 12.3 Å². The summed E-state index contributed by atoms with van der Waals surface area (Å²) in [5.41, 5.74) is 0.407. The molecule has 0 spiro atoms. The van der Waals surface area contributed by atoms with Crippen LogP contribution in [0.25, 0.3) is 5.69 Å². The smallest absolute Gasteiger partial charge is 0.339 e. The first kappa shape index (κ1) is 15.6. The Labute approximate surface area is 135 Å². The number of rotatable bonds is 5. The van der Waals surface area contributed by atoms with Crippen LogP contribution < -0.4 is 10.4 Å². The van der Waals surface area contributed by atoms with Gasteiger partial charge in [-0.2, -0.15) is 0 Å². The molecule has 0 unspecified atom stereocenters. The highest BCUT2D eigenvalue weighted by atomic mass is 16.5. The van der Waals surface area contributed by atoms with Gasteiger partial charge >= 0.3 is 5.69 Å². The van der Waals surface area contributed by atoms with E-state index in [2.05, 4.69) is 0 Å². The second-order valence-electron chi connectivity index (χ2n) is 6.10. The van der Waals surface area contributed by atoms with Gasteiger partial charge in [-0.05, 0) is 36.6 Å². The number of ether oxygens (including phenoxy) is 1. The highest BCUT2D eigenvalue weighted by molar-refractivity contribution is 5.78. The van der Waals surface area contributed by atoms with Crippen molar-refractivity contribution in [1.82, 2.24) is 9.13 Å². The largest absolute Gasteiger partial charge is 0.497 e. The van der Waals surface area contributed by atoms with Crippen LogP contribution in [0.3, 0.4) is 0 Å². The van der Waals surface area contributed by atoms with Gasteiger partial charge in [0, 0.05) is 18.8 Å². The molecule has 122 valence electrons. The van der Waals surface area contributed by atoms with E-state index in [-0.39, 0.29) is 11.6 Å². The van der Waals surface area contributed by atoms with E-state index in [1.807, 2.05) is 0 Å². The van der Waals surface area contributed by atoms with E-state index in [1.165, 1.54) is 34.8 Å². The predicted octanol–water partition coefficient (Wildman–Crippen LogP) is 3.26. The van der Waals surface area contributed by atoms with Crippen LogP contribution in [0.5, 0.6) is 5.75 Å². The predicted molar refractivity (Wildman–Crippen MR) is 88.4 cm³/mol. The molecule has 0 bridgehead atoms. The Hall–Kier alpha value is -2.30. The van der Waals surface area contributed by atoms with Crippen molar-refractivity contribution in [3.05, 3.63) is 47.1 Å². The minimum absolute atomic E-state index is 0.117. The van der Waals surface area contributed by atoms with Crippen molar-refractivity contribution in [1.29, 1.82) is 0 Å². The molecule has 0 aliphatic heterocycles. The van der Waals surface area contributed by atoms with Crippen molar-refractivity contribution in [2.45, 2.75) is 38.5 Å². The highest BCUT2D eigenvalue weighted by Crippen LogP contribution is 2.28. The average Bonchev–Trinajstić information content (AvgIpc) is 3.22. The third kappa shape index (κ3) is 3.38. The minimum Gasteiger partial charge on any atom is -0.497 e. The molecule has 0 N–H and O–H groups in total. The quantitative estimate of drug-likeness (QED) is 0.851. The highest BCUT2D eigenvalue weighted by Gasteiger charge is 2.18. The summed E-state index contributed by atoms with van der Waals surface area (Å²) in [6.07, 6.45) is 9.50. The maximum Gasteiger partial charge on any atom is 0.339 e. The zero-order valence-corrected chi connectivity index (χ0v) is 13.4. The molecular weight excluding hydrogens is 292 g/mol. The summed E-state index contributed by atoms with van der Waals surface area (Å²) in [6.45, 7) is 0. The summed E-state index contributed by atoms with van der Waals surface area (Å²) in [4.78, 5) is 24.7. The van der Waals surface area contributed by atoms with Gasteiger partial charge in [0.1, 0.15) is 5.75 Å². The Morgan fingerprint density at radius 2 is 1.87 bits per heavy atom. The summed E-state index contributed by atoms with van der Waals surface area (Å²) < 4.78 is 7.81. The van der Waals surface area contributed by atoms with Crippen LogP contribution in [0.4, 0.5) is 0 Å². The number of carbonyl (C=O) groups excluding carboxylic acids is 1. The standard InChI is InChI=1S/C18H22N2O3/c1-23-16-9-7-15(8-10-16)19-12-13-20(18(19)22)17(21)11-6-14-4-2-3-5-14/h7-10,12-14H,2-6,11H2,1H3. The first-order chi connectivity index (χ1) is 11.2. The van der Waals surface area contributed by atoms with Gasteiger partial charge in [0.05, 0.1) is 12.8 Å². The molecule has 5 heteroatoms. The monoisotopic (exact) mass is 314 g/mol. The van der Waals surface area contributed by atoms with Crippen LogP contribution in [0, 0.1) is 5.92 Å². The number of hydrogen-bond donors (Lipinski definition) is 0. The molecule has 0 amide bonds. The normalized spacial score (nSPS) is 15.0. The molecule has 0 atom stereocenters. The summed E-state index contributed by atoms with van der Waals surface area (Å²) in [5, 5.41) is 0. The van der Waals surface area contributed by atoms with Crippen LogP contribution in [0.15, 0.2) is 41.5 Å². The zero-order valence-electron chi connectivity index (χ0n) is 13.4. The van der Waals surface area contributed by atoms with Crippen LogP contribution >= 0.6 is 0 Å². The van der Waals surface area contributed by atoms with Crippen LogP contribution in [0.2, 0.25) is 0 Å².